The van der Waals surface area contributed by atoms with Gasteiger partial charge in [0.15, 0.2) is 5.82 Å². The molecule has 1 saturated heterocycles. The first-order chi connectivity index (χ1) is 16.5. The number of hydrogen-bond donors (Lipinski definition) is 1. The molecule has 1 N–H and O–H groups in total. The third-order valence-electron chi connectivity index (χ3n) is 6.98. The van der Waals surface area contributed by atoms with E-state index in [2.05, 4.69) is 69.3 Å². The predicted octanol–water partition coefficient (Wildman–Crippen LogP) is 2.91. The van der Waals surface area contributed by atoms with Crippen LogP contribution in [-0.2, 0) is 6.54 Å². The van der Waals surface area contributed by atoms with Crippen molar-refractivity contribution in [3.63, 3.8) is 0 Å². The molecule has 8 heteroatoms. The maximum atomic E-state index is 13.4. The average Bonchev–Trinajstić information content (AvgIpc) is 3.29. The SMILES string of the molecule is CCN1CCN([C@@H](c2cc3cc(C)c(C)cc3[nH]c2=O)c2nnnn2Cc2ccccc2)CC1. The molecule has 4 aromatic rings. The number of rotatable bonds is 6. The summed E-state index contributed by atoms with van der Waals surface area (Å²) in [6.45, 7) is 11.5. The molecule has 0 radical (unpaired) electrons. The van der Waals surface area contributed by atoms with Gasteiger partial charge in [-0.05, 0) is 71.1 Å². The molecule has 0 spiro atoms. The van der Waals surface area contributed by atoms with Crippen molar-refractivity contribution in [1.82, 2.24) is 35.0 Å². The Balaban J connectivity index is 1.61. The summed E-state index contributed by atoms with van der Waals surface area (Å²) in [5.41, 5.74) is 4.93. The number of hydrogen-bond acceptors (Lipinski definition) is 6. The van der Waals surface area contributed by atoms with Gasteiger partial charge in [0.1, 0.15) is 6.04 Å². The van der Waals surface area contributed by atoms with E-state index in [0.29, 0.717) is 17.9 Å². The summed E-state index contributed by atoms with van der Waals surface area (Å²) in [7, 11) is 0. The Hall–Kier alpha value is -3.36. The Morgan fingerprint density at radius 2 is 1.74 bits per heavy atom. The van der Waals surface area contributed by atoms with Crippen molar-refractivity contribution >= 4 is 10.9 Å². The molecule has 3 heterocycles. The number of piperazine rings is 1. The Labute approximate surface area is 199 Å². The zero-order valence-corrected chi connectivity index (χ0v) is 20.0. The number of fused-ring (bicyclic) bond motifs is 1. The second-order valence-electron chi connectivity index (χ2n) is 9.13. The molecule has 8 nitrogen and oxygen atoms in total. The van der Waals surface area contributed by atoms with E-state index >= 15 is 0 Å². The molecule has 1 aliphatic heterocycles. The van der Waals surface area contributed by atoms with Crippen molar-refractivity contribution in [2.45, 2.75) is 33.4 Å². The molecule has 5 rings (SSSR count). The molecule has 0 bridgehead atoms. The molecule has 1 aliphatic rings. The second kappa shape index (κ2) is 9.48. The molecule has 1 atom stereocenters. The molecule has 0 saturated carbocycles. The minimum atomic E-state index is -0.326. The van der Waals surface area contributed by atoms with Gasteiger partial charge in [0.2, 0.25) is 0 Å². The van der Waals surface area contributed by atoms with Gasteiger partial charge in [-0.25, -0.2) is 4.68 Å². The van der Waals surface area contributed by atoms with E-state index in [9.17, 15) is 4.79 Å². The monoisotopic (exact) mass is 457 g/mol. The van der Waals surface area contributed by atoms with Crippen LogP contribution in [0.3, 0.4) is 0 Å². The number of benzene rings is 2. The Bertz CT molecular complexity index is 1340. The summed E-state index contributed by atoms with van der Waals surface area (Å²) in [6.07, 6.45) is 0. The number of aromatic amines is 1. The van der Waals surface area contributed by atoms with Crippen LogP contribution in [0.25, 0.3) is 10.9 Å². The molecular weight excluding hydrogens is 426 g/mol. The number of pyridine rings is 1. The van der Waals surface area contributed by atoms with Gasteiger partial charge >= 0.3 is 0 Å². The maximum absolute atomic E-state index is 13.4. The zero-order valence-electron chi connectivity index (χ0n) is 20.0. The van der Waals surface area contributed by atoms with Crippen LogP contribution >= 0.6 is 0 Å². The number of nitrogens with zero attached hydrogens (tertiary/aromatic N) is 6. The van der Waals surface area contributed by atoms with Crippen LogP contribution in [0.4, 0.5) is 0 Å². The van der Waals surface area contributed by atoms with Crippen LogP contribution in [0.2, 0.25) is 0 Å². The number of likely N-dealkylation sites (N-methyl/N-ethyl adjacent to an activating group) is 1. The number of tetrazole rings is 1. The number of nitrogens with one attached hydrogen (secondary N) is 1. The molecule has 0 aliphatic carbocycles. The summed E-state index contributed by atoms with van der Waals surface area (Å²) in [4.78, 5) is 21.3. The van der Waals surface area contributed by atoms with Crippen LogP contribution in [0.5, 0.6) is 0 Å². The van der Waals surface area contributed by atoms with Crippen molar-refractivity contribution in [3.05, 3.63) is 87.0 Å². The van der Waals surface area contributed by atoms with Crippen LogP contribution < -0.4 is 5.56 Å². The zero-order chi connectivity index (χ0) is 23.7. The largest absolute Gasteiger partial charge is 0.322 e. The average molecular weight is 458 g/mol. The van der Waals surface area contributed by atoms with Gasteiger partial charge in [0.05, 0.1) is 6.54 Å². The third-order valence-corrected chi connectivity index (χ3v) is 6.98. The molecule has 2 aromatic carbocycles. The summed E-state index contributed by atoms with van der Waals surface area (Å²) in [5, 5.41) is 13.8. The minimum absolute atomic E-state index is 0.0899. The maximum Gasteiger partial charge on any atom is 0.253 e. The Morgan fingerprint density at radius 1 is 1.00 bits per heavy atom. The highest BCUT2D eigenvalue weighted by atomic mass is 16.1. The molecule has 2 aromatic heterocycles. The van der Waals surface area contributed by atoms with E-state index < -0.39 is 0 Å². The lowest BCUT2D eigenvalue weighted by molar-refractivity contribution is 0.108. The van der Waals surface area contributed by atoms with E-state index in [1.54, 1.807) is 0 Å². The normalized spacial score (nSPS) is 16.2. The van der Waals surface area contributed by atoms with E-state index in [1.165, 1.54) is 5.56 Å². The van der Waals surface area contributed by atoms with Crippen molar-refractivity contribution in [1.29, 1.82) is 0 Å². The van der Waals surface area contributed by atoms with Crippen LogP contribution in [0.1, 0.15) is 41.0 Å². The lowest BCUT2D eigenvalue weighted by Crippen LogP contribution is -2.49. The first-order valence-corrected chi connectivity index (χ1v) is 11.9. The van der Waals surface area contributed by atoms with Gasteiger partial charge in [-0.3, -0.25) is 9.69 Å². The molecule has 0 amide bonds. The lowest BCUT2D eigenvalue weighted by atomic mass is 10.00. The summed E-state index contributed by atoms with van der Waals surface area (Å²) in [6, 6.07) is 16.0. The third kappa shape index (κ3) is 4.38. The van der Waals surface area contributed by atoms with Gasteiger partial charge in [-0.2, -0.15) is 0 Å². The van der Waals surface area contributed by atoms with Crippen molar-refractivity contribution in [2.24, 2.45) is 0 Å². The van der Waals surface area contributed by atoms with E-state index in [0.717, 1.165) is 54.8 Å². The Morgan fingerprint density at radius 3 is 2.47 bits per heavy atom. The van der Waals surface area contributed by atoms with Crippen molar-refractivity contribution in [3.8, 4) is 0 Å². The standard InChI is InChI=1S/C26H31N7O/c1-4-31-10-12-32(13-11-31)24(25-28-29-30-33(25)17-20-8-6-5-7-9-20)22-16-21-14-18(2)19(3)15-23(21)27-26(22)34/h5-9,14-16,24H,4,10-13,17H2,1-3H3,(H,27,34)/t24-/m0/s1. The fraction of sp³-hybridized carbons (Fsp3) is 0.385. The van der Waals surface area contributed by atoms with E-state index in [4.69, 9.17) is 0 Å². The predicted molar refractivity (Wildman–Crippen MR) is 133 cm³/mol. The first kappa shape index (κ1) is 22.4. The van der Waals surface area contributed by atoms with E-state index in [-0.39, 0.29) is 11.6 Å². The molecule has 34 heavy (non-hydrogen) atoms. The fourth-order valence-corrected chi connectivity index (χ4v) is 4.81. The topological polar surface area (TPSA) is 82.9 Å². The summed E-state index contributed by atoms with van der Waals surface area (Å²) < 4.78 is 1.83. The van der Waals surface area contributed by atoms with Gasteiger partial charge in [0, 0.05) is 37.3 Å². The number of aryl methyl sites for hydroxylation is 2. The first-order valence-electron chi connectivity index (χ1n) is 11.9. The summed E-state index contributed by atoms with van der Waals surface area (Å²) >= 11 is 0. The smallest absolute Gasteiger partial charge is 0.253 e. The summed E-state index contributed by atoms with van der Waals surface area (Å²) in [5.74, 6) is 0.697. The molecule has 0 unspecified atom stereocenters. The van der Waals surface area contributed by atoms with Crippen molar-refractivity contribution < 1.29 is 0 Å². The van der Waals surface area contributed by atoms with Crippen LogP contribution in [0.15, 0.2) is 53.3 Å². The minimum Gasteiger partial charge on any atom is -0.322 e. The number of H-pyrrole nitrogens is 1. The number of aromatic nitrogens is 5. The highest BCUT2D eigenvalue weighted by Gasteiger charge is 2.32. The van der Waals surface area contributed by atoms with Gasteiger partial charge in [0.25, 0.3) is 5.56 Å². The quantitative estimate of drug-likeness (QED) is 0.479. The highest BCUT2D eigenvalue weighted by Crippen LogP contribution is 2.28. The lowest BCUT2D eigenvalue weighted by Gasteiger charge is -2.38. The van der Waals surface area contributed by atoms with Gasteiger partial charge in [-0.15, -0.1) is 5.10 Å². The molecular formula is C26H31N7O. The molecule has 176 valence electrons. The Kier molecular flexibility index (Phi) is 6.26. The molecule has 1 fully saturated rings. The highest BCUT2D eigenvalue weighted by molar-refractivity contribution is 5.81. The fourth-order valence-electron chi connectivity index (χ4n) is 4.81. The van der Waals surface area contributed by atoms with Crippen LogP contribution in [-0.4, -0.2) is 67.7 Å². The van der Waals surface area contributed by atoms with E-state index in [1.807, 2.05) is 35.0 Å². The van der Waals surface area contributed by atoms with Gasteiger partial charge < -0.3 is 9.88 Å². The van der Waals surface area contributed by atoms with Crippen molar-refractivity contribution in [2.75, 3.05) is 32.7 Å². The second-order valence-corrected chi connectivity index (χ2v) is 9.13. The van der Waals surface area contributed by atoms with Crippen LogP contribution in [0, 0.1) is 13.8 Å². The van der Waals surface area contributed by atoms with Gasteiger partial charge in [-0.1, -0.05) is 37.3 Å².